The van der Waals surface area contributed by atoms with Gasteiger partial charge in [0.05, 0.1) is 16.8 Å². The molecule has 0 bridgehead atoms. The summed E-state index contributed by atoms with van der Waals surface area (Å²) in [6, 6.07) is 7.47. The number of aromatic amines is 1. The molecule has 1 aromatic carbocycles. The van der Waals surface area contributed by atoms with Crippen LogP contribution in [0.3, 0.4) is 0 Å². The van der Waals surface area contributed by atoms with Crippen molar-refractivity contribution in [2.45, 2.75) is 6.92 Å². The van der Waals surface area contributed by atoms with Crippen molar-refractivity contribution in [1.82, 2.24) is 15.1 Å². The molecule has 0 aliphatic rings. The van der Waals surface area contributed by atoms with Gasteiger partial charge in [0.15, 0.2) is 0 Å². The molecule has 1 heterocycles. The number of aromatic nitrogens is 2. The quantitative estimate of drug-likeness (QED) is 0.566. The number of carboxylic acids is 1. The highest BCUT2D eigenvalue weighted by atomic mass is 16.4. The molecule has 0 aliphatic carbocycles. The molecule has 24 heavy (non-hydrogen) atoms. The first-order valence-corrected chi connectivity index (χ1v) is 6.88. The van der Waals surface area contributed by atoms with Gasteiger partial charge in [-0.2, -0.15) is 5.26 Å². The normalized spacial score (nSPS) is 11.0. The van der Waals surface area contributed by atoms with Gasteiger partial charge in [-0.15, -0.1) is 0 Å². The lowest BCUT2D eigenvalue weighted by atomic mass is 10.1. The van der Waals surface area contributed by atoms with E-state index in [1.807, 2.05) is 0 Å². The van der Waals surface area contributed by atoms with Gasteiger partial charge in [-0.25, -0.2) is 9.48 Å². The molecule has 122 valence electrons. The molecule has 1 amide bonds. The topological polar surface area (TPSA) is 128 Å². The molecule has 1 aromatic heterocycles. The van der Waals surface area contributed by atoms with Crippen molar-refractivity contribution in [2.24, 2.45) is 0 Å². The second kappa shape index (κ2) is 6.66. The number of carboxylic acid groups (broad SMARTS) is 1. The van der Waals surface area contributed by atoms with Gasteiger partial charge in [-0.1, -0.05) is 0 Å². The van der Waals surface area contributed by atoms with Gasteiger partial charge in [-0.05, 0) is 37.3 Å². The molecule has 8 heteroatoms. The number of H-pyrrole nitrogens is 1. The summed E-state index contributed by atoms with van der Waals surface area (Å²) in [5.74, 6) is -1.65. The summed E-state index contributed by atoms with van der Waals surface area (Å²) in [5, 5.41) is 23.1. The number of aryl methyl sites for hydroxylation is 1. The van der Waals surface area contributed by atoms with Gasteiger partial charge in [0.2, 0.25) is 0 Å². The monoisotopic (exact) mass is 326 g/mol. The zero-order valence-corrected chi connectivity index (χ0v) is 13.0. The minimum atomic E-state index is -1.07. The van der Waals surface area contributed by atoms with Crippen molar-refractivity contribution in [3.8, 4) is 11.8 Å². The number of carbonyl (C=O) groups excluding carboxylic acids is 1. The lowest BCUT2D eigenvalue weighted by Crippen LogP contribution is -2.20. The first-order valence-electron chi connectivity index (χ1n) is 6.88. The number of amides is 1. The number of aromatic carboxylic acids is 1. The van der Waals surface area contributed by atoms with Crippen LogP contribution in [0.15, 0.2) is 34.6 Å². The number of likely N-dealkylation sites (N-methyl/N-ethyl adjacent to an activating group) is 1. The summed E-state index contributed by atoms with van der Waals surface area (Å²) < 4.78 is 1.21. The fourth-order valence-electron chi connectivity index (χ4n) is 2.09. The Labute approximate surface area is 136 Å². The summed E-state index contributed by atoms with van der Waals surface area (Å²) in [5.41, 5.74) is 0.543. The van der Waals surface area contributed by atoms with E-state index in [0.717, 1.165) is 0 Å². The molecule has 2 aromatic rings. The molecular weight excluding hydrogens is 312 g/mol. The Hall–Kier alpha value is -3.60. The van der Waals surface area contributed by atoms with E-state index in [9.17, 15) is 14.4 Å². The number of benzene rings is 1. The van der Waals surface area contributed by atoms with Crippen LogP contribution in [-0.4, -0.2) is 33.8 Å². The SMILES string of the molecule is CNC(=O)C(C#N)=Cc1c(C)[nH]n(-c2ccc(C(=O)O)cc2)c1=O. The highest BCUT2D eigenvalue weighted by Gasteiger charge is 2.14. The minimum Gasteiger partial charge on any atom is -0.478 e. The Morgan fingerprint density at radius 2 is 1.96 bits per heavy atom. The van der Waals surface area contributed by atoms with E-state index in [1.54, 1.807) is 13.0 Å². The summed E-state index contributed by atoms with van der Waals surface area (Å²) in [6.45, 7) is 1.63. The molecule has 0 spiro atoms. The number of rotatable bonds is 4. The lowest BCUT2D eigenvalue weighted by molar-refractivity contribution is -0.116. The van der Waals surface area contributed by atoms with Crippen LogP contribution in [-0.2, 0) is 4.79 Å². The molecule has 0 unspecified atom stereocenters. The van der Waals surface area contributed by atoms with Crippen LogP contribution in [0.25, 0.3) is 11.8 Å². The van der Waals surface area contributed by atoms with Gasteiger partial charge in [0.25, 0.3) is 11.5 Å². The Morgan fingerprint density at radius 3 is 2.46 bits per heavy atom. The predicted molar refractivity (Wildman–Crippen MR) is 85.7 cm³/mol. The average molecular weight is 326 g/mol. The molecule has 0 saturated heterocycles. The van der Waals surface area contributed by atoms with E-state index in [2.05, 4.69) is 10.4 Å². The Balaban J connectivity index is 2.52. The zero-order chi connectivity index (χ0) is 17.9. The summed E-state index contributed by atoms with van der Waals surface area (Å²) >= 11 is 0. The van der Waals surface area contributed by atoms with Crippen LogP contribution in [0.1, 0.15) is 21.6 Å². The Kier molecular flexibility index (Phi) is 4.65. The standard InChI is InChI=1S/C16H14N4O4/c1-9-13(7-11(8-17)14(21)18-2)15(22)20(19-9)12-5-3-10(4-6-12)16(23)24/h3-7,19H,1-2H3,(H,18,21)(H,23,24). The third-order valence-corrected chi connectivity index (χ3v) is 3.37. The minimum absolute atomic E-state index is 0.0987. The largest absolute Gasteiger partial charge is 0.478 e. The summed E-state index contributed by atoms with van der Waals surface area (Å²) in [7, 11) is 1.39. The first kappa shape index (κ1) is 16.8. The van der Waals surface area contributed by atoms with Crippen molar-refractivity contribution in [3.63, 3.8) is 0 Å². The van der Waals surface area contributed by atoms with Crippen LogP contribution in [0.5, 0.6) is 0 Å². The van der Waals surface area contributed by atoms with E-state index in [4.69, 9.17) is 10.4 Å². The summed E-state index contributed by atoms with van der Waals surface area (Å²) in [4.78, 5) is 34.9. The van der Waals surface area contributed by atoms with Crippen molar-refractivity contribution in [2.75, 3.05) is 7.05 Å². The number of nitrogens with zero attached hydrogens (tertiary/aromatic N) is 2. The number of hydrogen-bond donors (Lipinski definition) is 3. The van der Waals surface area contributed by atoms with Crippen molar-refractivity contribution in [3.05, 3.63) is 57.0 Å². The molecule has 0 atom stereocenters. The Morgan fingerprint density at radius 1 is 1.33 bits per heavy atom. The fourth-order valence-corrected chi connectivity index (χ4v) is 2.09. The maximum atomic E-state index is 12.5. The second-order valence-corrected chi connectivity index (χ2v) is 4.89. The number of carbonyl (C=O) groups is 2. The van der Waals surface area contributed by atoms with Crippen molar-refractivity contribution < 1.29 is 14.7 Å². The third-order valence-electron chi connectivity index (χ3n) is 3.37. The predicted octanol–water partition coefficient (Wildman–Crippen LogP) is 0.825. The molecule has 0 fully saturated rings. The number of nitriles is 1. The van der Waals surface area contributed by atoms with Gasteiger partial charge >= 0.3 is 5.97 Å². The van der Waals surface area contributed by atoms with Gasteiger partial charge in [-0.3, -0.25) is 14.7 Å². The highest BCUT2D eigenvalue weighted by Crippen LogP contribution is 2.12. The van der Waals surface area contributed by atoms with E-state index in [1.165, 1.54) is 42.1 Å². The Bertz CT molecular complexity index is 926. The third kappa shape index (κ3) is 3.10. The van der Waals surface area contributed by atoms with Gasteiger partial charge < -0.3 is 10.4 Å². The van der Waals surface area contributed by atoms with Crippen LogP contribution in [0, 0.1) is 18.3 Å². The van der Waals surface area contributed by atoms with Gasteiger partial charge in [0.1, 0.15) is 11.6 Å². The highest BCUT2D eigenvalue weighted by molar-refractivity contribution is 6.01. The molecule has 0 saturated carbocycles. The van der Waals surface area contributed by atoms with Crippen LogP contribution < -0.4 is 10.9 Å². The van der Waals surface area contributed by atoms with Crippen LogP contribution >= 0.6 is 0 Å². The number of nitrogens with one attached hydrogen (secondary N) is 2. The van der Waals surface area contributed by atoms with Gasteiger partial charge in [0, 0.05) is 12.7 Å². The zero-order valence-electron chi connectivity index (χ0n) is 13.0. The smallest absolute Gasteiger partial charge is 0.335 e. The number of hydrogen-bond acceptors (Lipinski definition) is 4. The van der Waals surface area contributed by atoms with E-state index in [-0.39, 0.29) is 16.7 Å². The van der Waals surface area contributed by atoms with E-state index < -0.39 is 17.4 Å². The molecular formula is C16H14N4O4. The maximum absolute atomic E-state index is 12.5. The molecule has 0 aliphatic heterocycles. The molecule has 2 rings (SSSR count). The molecule has 3 N–H and O–H groups in total. The van der Waals surface area contributed by atoms with Crippen molar-refractivity contribution >= 4 is 18.0 Å². The average Bonchev–Trinajstić information content (AvgIpc) is 2.86. The van der Waals surface area contributed by atoms with Crippen molar-refractivity contribution in [1.29, 1.82) is 5.26 Å². The maximum Gasteiger partial charge on any atom is 0.335 e. The molecule has 0 radical (unpaired) electrons. The lowest BCUT2D eigenvalue weighted by Gasteiger charge is -2.01. The van der Waals surface area contributed by atoms with E-state index in [0.29, 0.717) is 11.4 Å². The fraction of sp³-hybridized carbons (Fsp3) is 0.125. The molecule has 8 nitrogen and oxygen atoms in total. The second-order valence-electron chi connectivity index (χ2n) is 4.89. The van der Waals surface area contributed by atoms with Crippen LogP contribution in [0.4, 0.5) is 0 Å². The van der Waals surface area contributed by atoms with Crippen LogP contribution in [0.2, 0.25) is 0 Å². The summed E-state index contributed by atoms with van der Waals surface area (Å²) in [6.07, 6.45) is 1.22. The van der Waals surface area contributed by atoms with E-state index >= 15 is 0 Å². The first-order chi connectivity index (χ1) is 11.4.